The van der Waals surface area contributed by atoms with E-state index in [2.05, 4.69) is 20.8 Å². The van der Waals surface area contributed by atoms with Crippen LogP contribution in [0, 0.1) is 12.7 Å². The number of anilines is 1. The van der Waals surface area contributed by atoms with Crippen molar-refractivity contribution in [2.75, 3.05) is 5.73 Å². The molecule has 8 heteroatoms. The van der Waals surface area contributed by atoms with E-state index in [0.717, 1.165) is 30.5 Å². The lowest BCUT2D eigenvalue weighted by molar-refractivity contribution is -0.125. The van der Waals surface area contributed by atoms with Crippen LogP contribution in [0.5, 0.6) is 0 Å². The fourth-order valence-electron chi connectivity index (χ4n) is 3.96. The molecule has 0 bridgehead atoms. The van der Waals surface area contributed by atoms with Crippen molar-refractivity contribution < 1.29 is 9.18 Å². The lowest BCUT2D eigenvalue weighted by atomic mass is 9.87. The van der Waals surface area contributed by atoms with Crippen LogP contribution < -0.4 is 11.1 Å². The summed E-state index contributed by atoms with van der Waals surface area (Å²) in [6.45, 7) is 1.74. The quantitative estimate of drug-likeness (QED) is 0.648. The van der Waals surface area contributed by atoms with Gasteiger partial charge in [-0.2, -0.15) is 0 Å². The predicted octanol–water partition coefficient (Wildman–Crippen LogP) is 2.68. The Morgan fingerprint density at radius 3 is 2.97 bits per heavy atom. The van der Waals surface area contributed by atoms with Gasteiger partial charge in [0.15, 0.2) is 0 Å². The van der Waals surface area contributed by atoms with Crippen molar-refractivity contribution in [3.05, 3.63) is 70.8 Å². The van der Waals surface area contributed by atoms with Gasteiger partial charge in [-0.3, -0.25) is 4.79 Å². The number of hydrogen-bond donors (Lipinski definition) is 2. The Hall–Kier alpha value is -3.29. The molecular formula is C21H23FN6O. The third-order valence-electron chi connectivity index (χ3n) is 5.37. The summed E-state index contributed by atoms with van der Waals surface area (Å²) >= 11 is 0. The van der Waals surface area contributed by atoms with Crippen LogP contribution in [0.15, 0.2) is 42.5 Å². The number of carbonyl (C=O) groups is 1. The molecule has 2 aromatic carbocycles. The van der Waals surface area contributed by atoms with Crippen LogP contribution >= 0.6 is 0 Å². The van der Waals surface area contributed by atoms with E-state index in [9.17, 15) is 9.18 Å². The molecule has 3 aromatic rings. The van der Waals surface area contributed by atoms with Crippen LogP contribution in [0.3, 0.4) is 0 Å². The SMILES string of the molecule is Cc1nnnn1C(Cc1cccc(F)c1)C(=O)NC1CCCc2cc(N)ccc21. The molecule has 0 aliphatic heterocycles. The summed E-state index contributed by atoms with van der Waals surface area (Å²) in [5.41, 5.74) is 9.61. The highest BCUT2D eigenvalue weighted by atomic mass is 19.1. The molecule has 0 fully saturated rings. The van der Waals surface area contributed by atoms with Gasteiger partial charge in [-0.25, -0.2) is 9.07 Å². The summed E-state index contributed by atoms with van der Waals surface area (Å²) < 4.78 is 15.1. The summed E-state index contributed by atoms with van der Waals surface area (Å²) in [6.07, 6.45) is 3.06. The molecular weight excluding hydrogens is 371 g/mol. The normalized spacial score (nSPS) is 16.8. The summed E-state index contributed by atoms with van der Waals surface area (Å²) in [4.78, 5) is 13.3. The molecule has 150 valence electrons. The van der Waals surface area contributed by atoms with Crippen molar-refractivity contribution in [3.63, 3.8) is 0 Å². The molecule has 3 N–H and O–H groups in total. The van der Waals surface area contributed by atoms with E-state index in [1.165, 1.54) is 22.4 Å². The Morgan fingerprint density at radius 2 is 2.21 bits per heavy atom. The summed E-state index contributed by atoms with van der Waals surface area (Å²) in [6, 6.07) is 11.3. The first-order chi connectivity index (χ1) is 14.0. The maximum absolute atomic E-state index is 13.7. The minimum absolute atomic E-state index is 0.0985. The van der Waals surface area contributed by atoms with Gasteiger partial charge in [-0.15, -0.1) is 5.10 Å². The van der Waals surface area contributed by atoms with Crippen LogP contribution in [0.25, 0.3) is 0 Å². The van der Waals surface area contributed by atoms with Crippen LogP contribution in [0.1, 0.15) is 47.4 Å². The van der Waals surface area contributed by atoms with Gasteiger partial charge in [0, 0.05) is 12.1 Å². The van der Waals surface area contributed by atoms with E-state index in [0.29, 0.717) is 11.4 Å². The number of aryl methyl sites for hydroxylation is 2. The lowest BCUT2D eigenvalue weighted by Gasteiger charge is -2.28. The predicted molar refractivity (Wildman–Crippen MR) is 106 cm³/mol. The first-order valence-electron chi connectivity index (χ1n) is 9.69. The standard InChI is InChI=1S/C21H23FN6O/c1-13-25-26-27-28(13)20(11-14-4-2-6-16(22)10-14)21(29)24-19-7-3-5-15-12-17(23)8-9-18(15)19/h2,4,6,8-10,12,19-20H,3,5,7,11,23H2,1H3,(H,24,29). The number of tetrazole rings is 1. The Kier molecular flexibility index (Phi) is 5.24. The van der Waals surface area contributed by atoms with E-state index >= 15 is 0 Å². The Balaban J connectivity index is 1.60. The smallest absolute Gasteiger partial charge is 0.245 e. The van der Waals surface area contributed by atoms with Crippen LogP contribution in [-0.2, 0) is 17.6 Å². The molecule has 7 nitrogen and oxygen atoms in total. The molecule has 0 spiro atoms. The number of carbonyl (C=O) groups excluding carboxylic acids is 1. The van der Waals surface area contributed by atoms with Gasteiger partial charge in [0.25, 0.3) is 0 Å². The first-order valence-corrected chi connectivity index (χ1v) is 9.69. The van der Waals surface area contributed by atoms with E-state index in [4.69, 9.17) is 5.73 Å². The second kappa shape index (κ2) is 7.98. The highest BCUT2D eigenvalue weighted by Gasteiger charge is 2.29. The number of nitrogens with zero attached hydrogens (tertiary/aromatic N) is 4. The highest BCUT2D eigenvalue weighted by Crippen LogP contribution is 2.31. The van der Waals surface area contributed by atoms with Crippen LogP contribution in [0.2, 0.25) is 0 Å². The largest absolute Gasteiger partial charge is 0.399 e. The maximum Gasteiger partial charge on any atom is 0.245 e. The van der Waals surface area contributed by atoms with Crippen molar-refractivity contribution in [1.29, 1.82) is 0 Å². The number of halogens is 1. The van der Waals surface area contributed by atoms with E-state index < -0.39 is 6.04 Å². The third-order valence-corrected chi connectivity index (χ3v) is 5.37. The first kappa shape index (κ1) is 19.0. The van der Waals surface area contributed by atoms with Gasteiger partial charge in [0.05, 0.1) is 6.04 Å². The van der Waals surface area contributed by atoms with Gasteiger partial charge in [-0.1, -0.05) is 18.2 Å². The number of amides is 1. The van der Waals surface area contributed by atoms with E-state index in [-0.39, 0.29) is 24.2 Å². The Labute approximate surface area is 168 Å². The van der Waals surface area contributed by atoms with Crippen LogP contribution in [0.4, 0.5) is 10.1 Å². The number of hydrogen-bond acceptors (Lipinski definition) is 5. The minimum Gasteiger partial charge on any atom is -0.399 e. The van der Waals surface area contributed by atoms with Gasteiger partial charge >= 0.3 is 0 Å². The molecule has 29 heavy (non-hydrogen) atoms. The topological polar surface area (TPSA) is 98.7 Å². The highest BCUT2D eigenvalue weighted by molar-refractivity contribution is 5.81. The molecule has 1 aliphatic carbocycles. The number of aromatic nitrogens is 4. The monoisotopic (exact) mass is 394 g/mol. The maximum atomic E-state index is 13.7. The molecule has 4 rings (SSSR count). The van der Waals surface area contributed by atoms with E-state index in [1.54, 1.807) is 19.1 Å². The Bertz CT molecular complexity index is 1030. The summed E-state index contributed by atoms with van der Waals surface area (Å²) in [5.74, 6) is -0.00778. The number of benzene rings is 2. The number of rotatable bonds is 5. The molecule has 0 saturated carbocycles. The molecule has 1 heterocycles. The van der Waals surface area contributed by atoms with Gasteiger partial charge in [0.1, 0.15) is 17.7 Å². The van der Waals surface area contributed by atoms with Gasteiger partial charge in [-0.05, 0) is 77.6 Å². The molecule has 1 amide bonds. The minimum atomic E-state index is -0.675. The van der Waals surface area contributed by atoms with Crippen molar-refractivity contribution in [2.24, 2.45) is 0 Å². The number of nitrogens with one attached hydrogen (secondary N) is 1. The molecule has 2 unspecified atom stereocenters. The van der Waals surface area contributed by atoms with Crippen molar-refractivity contribution >= 4 is 11.6 Å². The zero-order valence-corrected chi connectivity index (χ0v) is 16.2. The zero-order chi connectivity index (χ0) is 20.4. The molecule has 1 aliphatic rings. The van der Waals surface area contributed by atoms with Gasteiger partial charge in [0.2, 0.25) is 5.91 Å². The summed E-state index contributed by atoms with van der Waals surface area (Å²) in [7, 11) is 0. The van der Waals surface area contributed by atoms with E-state index in [1.807, 2.05) is 18.2 Å². The average molecular weight is 394 g/mol. The molecule has 2 atom stereocenters. The number of fused-ring (bicyclic) bond motifs is 1. The molecule has 0 radical (unpaired) electrons. The second-order valence-electron chi connectivity index (χ2n) is 7.43. The second-order valence-corrected chi connectivity index (χ2v) is 7.43. The summed E-state index contributed by atoms with van der Waals surface area (Å²) in [5, 5.41) is 14.7. The molecule has 0 saturated heterocycles. The Morgan fingerprint density at radius 1 is 1.34 bits per heavy atom. The fraction of sp³-hybridized carbons (Fsp3) is 0.333. The number of nitrogens with two attached hydrogens (primary N) is 1. The average Bonchev–Trinajstić information content (AvgIpc) is 3.11. The molecule has 1 aromatic heterocycles. The zero-order valence-electron chi connectivity index (χ0n) is 16.2. The van der Waals surface area contributed by atoms with Crippen molar-refractivity contribution in [3.8, 4) is 0 Å². The van der Waals surface area contributed by atoms with Crippen LogP contribution in [-0.4, -0.2) is 26.1 Å². The fourth-order valence-corrected chi connectivity index (χ4v) is 3.96. The third kappa shape index (κ3) is 4.11. The van der Waals surface area contributed by atoms with Crippen molar-refractivity contribution in [2.45, 2.75) is 44.7 Å². The van der Waals surface area contributed by atoms with Gasteiger partial charge < -0.3 is 11.1 Å². The lowest BCUT2D eigenvalue weighted by Crippen LogP contribution is -2.38. The van der Waals surface area contributed by atoms with Crippen molar-refractivity contribution in [1.82, 2.24) is 25.5 Å². The number of nitrogen functional groups attached to an aromatic ring is 1.